The molecule has 2 N–H and O–H groups in total. The molecule has 1 heterocycles. The topological polar surface area (TPSA) is 66.0 Å². The highest BCUT2D eigenvalue weighted by Crippen LogP contribution is 2.17. The van der Waals surface area contributed by atoms with Crippen LogP contribution in [0, 0.1) is 0 Å². The van der Waals surface area contributed by atoms with Crippen LogP contribution in [0.5, 0.6) is 0 Å². The van der Waals surface area contributed by atoms with Crippen molar-refractivity contribution in [1.29, 1.82) is 0 Å². The number of carbonyl (C=O) groups is 1. The molecule has 0 atom stereocenters. The molecule has 0 spiro atoms. The van der Waals surface area contributed by atoms with E-state index in [2.05, 4.69) is 9.97 Å². The molecule has 2 aromatic carbocycles. The Morgan fingerprint density at radius 2 is 1.85 bits per heavy atom. The average Bonchev–Trinajstić information content (AvgIpc) is 2.88. The van der Waals surface area contributed by atoms with E-state index in [0.29, 0.717) is 11.3 Å². The lowest BCUT2D eigenvalue weighted by Crippen LogP contribution is -1.96. The Kier molecular flexibility index (Phi) is 3.05. The Morgan fingerprint density at radius 1 is 1.05 bits per heavy atom. The van der Waals surface area contributed by atoms with Crippen LogP contribution in [0.25, 0.3) is 23.2 Å². The molecule has 0 aliphatic heterocycles. The molecular weight excluding hydrogens is 252 g/mol. The summed E-state index contributed by atoms with van der Waals surface area (Å²) >= 11 is 0. The van der Waals surface area contributed by atoms with Crippen LogP contribution in [0.4, 0.5) is 0 Å². The van der Waals surface area contributed by atoms with Gasteiger partial charge in [-0.2, -0.15) is 0 Å². The highest BCUT2D eigenvalue weighted by Gasteiger charge is 2.11. The van der Waals surface area contributed by atoms with Crippen molar-refractivity contribution in [3.05, 3.63) is 65.5 Å². The van der Waals surface area contributed by atoms with Crippen molar-refractivity contribution >= 4 is 29.2 Å². The molecular formula is C16H12N2O2. The van der Waals surface area contributed by atoms with Crippen molar-refractivity contribution in [2.24, 2.45) is 0 Å². The number of benzene rings is 2. The van der Waals surface area contributed by atoms with Crippen LogP contribution in [0.1, 0.15) is 21.7 Å². The molecule has 0 saturated heterocycles. The van der Waals surface area contributed by atoms with Crippen LogP contribution in [0.3, 0.4) is 0 Å². The fraction of sp³-hybridized carbons (Fsp3) is 0. The quantitative estimate of drug-likeness (QED) is 0.761. The molecule has 0 fully saturated rings. The van der Waals surface area contributed by atoms with Gasteiger partial charge in [0.15, 0.2) is 0 Å². The zero-order valence-corrected chi connectivity index (χ0v) is 10.6. The van der Waals surface area contributed by atoms with Gasteiger partial charge in [0, 0.05) is 0 Å². The molecule has 4 heteroatoms. The Labute approximate surface area is 115 Å². The zero-order valence-electron chi connectivity index (χ0n) is 10.6. The van der Waals surface area contributed by atoms with Gasteiger partial charge in [0.25, 0.3) is 0 Å². The number of aromatic nitrogens is 2. The molecule has 0 aliphatic carbocycles. The molecule has 3 aromatic rings. The molecule has 3 rings (SSSR count). The minimum atomic E-state index is -0.972. The molecule has 0 amide bonds. The SMILES string of the molecule is O=C(O)c1cccc2[nH]c(/C=C/c3ccccc3)nc12. The first kappa shape index (κ1) is 12.2. The van der Waals surface area contributed by atoms with E-state index >= 15 is 0 Å². The normalized spacial score (nSPS) is 11.2. The number of carboxylic acids is 1. The number of nitrogens with zero attached hydrogens (tertiary/aromatic N) is 1. The Hall–Kier alpha value is -2.88. The number of rotatable bonds is 3. The molecule has 4 nitrogen and oxygen atoms in total. The highest BCUT2D eigenvalue weighted by molar-refractivity contribution is 6.01. The highest BCUT2D eigenvalue weighted by atomic mass is 16.4. The van der Waals surface area contributed by atoms with Crippen molar-refractivity contribution in [1.82, 2.24) is 9.97 Å². The summed E-state index contributed by atoms with van der Waals surface area (Å²) in [5.74, 6) is -0.335. The van der Waals surface area contributed by atoms with Gasteiger partial charge < -0.3 is 10.1 Å². The van der Waals surface area contributed by atoms with Crippen molar-refractivity contribution in [3.8, 4) is 0 Å². The van der Waals surface area contributed by atoms with E-state index in [1.165, 1.54) is 0 Å². The lowest BCUT2D eigenvalue weighted by Gasteiger charge is -1.93. The van der Waals surface area contributed by atoms with E-state index in [4.69, 9.17) is 5.11 Å². The van der Waals surface area contributed by atoms with Crippen LogP contribution in [0.15, 0.2) is 48.5 Å². The summed E-state index contributed by atoms with van der Waals surface area (Å²) in [7, 11) is 0. The Bertz CT molecular complexity index is 789. The number of H-pyrrole nitrogens is 1. The maximum Gasteiger partial charge on any atom is 0.337 e. The summed E-state index contributed by atoms with van der Waals surface area (Å²) < 4.78 is 0. The van der Waals surface area contributed by atoms with Crippen LogP contribution < -0.4 is 0 Å². The van der Waals surface area contributed by atoms with E-state index in [1.807, 2.05) is 48.6 Å². The van der Waals surface area contributed by atoms with Crippen LogP contribution in [0.2, 0.25) is 0 Å². The lowest BCUT2D eigenvalue weighted by molar-refractivity contribution is 0.0699. The van der Waals surface area contributed by atoms with Crippen LogP contribution in [-0.2, 0) is 0 Å². The van der Waals surface area contributed by atoms with Gasteiger partial charge in [-0.25, -0.2) is 9.78 Å². The summed E-state index contributed by atoms with van der Waals surface area (Å²) in [4.78, 5) is 18.6. The van der Waals surface area contributed by atoms with Gasteiger partial charge in [0.05, 0.1) is 11.1 Å². The van der Waals surface area contributed by atoms with Crippen molar-refractivity contribution in [2.45, 2.75) is 0 Å². The second-order valence-corrected chi connectivity index (χ2v) is 4.37. The molecule has 0 radical (unpaired) electrons. The van der Waals surface area contributed by atoms with Gasteiger partial charge in [-0.15, -0.1) is 0 Å². The summed E-state index contributed by atoms with van der Waals surface area (Å²) in [5.41, 5.74) is 2.47. The largest absolute Gasteiger partial charge is 0.478 e. The van der Waals surface area contributed by atoms with Crippen molar-refractivity contribution in [2.75, 3.05) is 0 Å². The van der Waals surface area contributed by atoms with Gasteiger partial charge in [0.2, 0.25) is 0 Å². The fourth-order valence-corrected chi connectivity index (χ4v) is 2.04. The van der Waals surface area contributed by atoms with Gasteiger partial charge in [-0.3, -0.25) is 0 Å². The smallest absolute Gasteiger partial charge is 0.337 e. The number of aromatic carboxylic acids is 1. The molecule has 0 bridgehead atoms. The summed E-state index contributed by atoms with van der Waals surface area (Å²) in [6, 6.07) is 14.9. The number of carboxylic acid groups (broad SMARTS) is 1. The van der Waals surface area contributed by atoms with Gasteiger partial charge in [-0.05, 0) is 23.8 Å². The maximum atomic E-state index is 11.1. The third-order valence-corrected chi connectivity index (χ3v) is 2.99. The van der Waals surface area contributed by atoms with Gasteiger partial charge in [-0.1, -0.05) is 42.5 Å². The Morgan fingerprint density at radius 3 is 2.60 bits per heavy atom. The number of para-hydroxylation sites is 1. The van der Waals surface area contributed by atoms with E-state index in [-0.39, 0.29) is 5.56 Å². The predicted molar refractivity (Wildman–Crippen MR) is 78.4 cm³/mol. The number of aromatic amines is 1. The lowest BCUT2D eigenvalue weighted by atomic mass is 10.2. The van der Waals surface area contributed by atoms with E-state index in [9.17, 15) is 4.79 Å². The fourth-order valence-electron chi connectivity index (χ4n) is 2.04. The first-order valence-electron chi connectivity index (χ1n) is 6.19. The van der Waals surface area contributed by atoms with Crippen molar-refractivity contribution in [3.63, 3.8) is 0 Å². The maximum absolute atomic E-state index is 11.1. The van der Waals surface area contributed by atoms with Crippen LogP contribution >= 0.6 is 0 Å². The standard InChI is InChI=1S/C16H12N2O2/c19-16(20)12-7-4-8-13-15(12)18-14(17-13)10-9-11-5-2-1-3-6-11/h1-10H,(H,17,18)(H,19,20)/b10-9+. The molecule has 20 heavy (non-hydrogen) atoms. The van der Waals surface area contributed by atoms with E-state index in [0.717, 1.165) is 11.1 Å². The minimum absolute atomic E-state index is 0.207. The van der Waals surface area contributed by atoms with E-state index < -0.39 is 5.97 Å². The van der Waals surface area contributed by atoms with Crippen LogP contribution in [-0.4, -0.2) is 21.0 Å². The number of hydrogen-bond donors (Lipinski definition) is 2. The van der Waals surface area contributed by atoms with Crippen molar-refractivity contribution < 1.29 is 9.90 Å². The summed E-state index contributed by atoms with van der Waals surface area (Å²) in [6.07, 6.45) is 3.76. The second kappa shape index (κ2) is 5.01. The zero-order chi connectivity index (χ0) is 13.9. The number of nitrogens with one attached hydrogen (secondary N) is 1. The molecule has 0 unspecified atom stereocenters. The number of imidazole rings is 1. The van der Waals surface area contributed by atoms with Gasteiger partial charge >= 0.3 is 5.97 Å². The predicted octanol–water partition coefficient (Wildman–Crippen LogP) is 3.43. The summed E-state index contributed by atoms with van der Waals surface area (Å²) in [5, 5.41) is 9.13. The first-order valence-corrected chi connectivity index (χ1v) is 6.19. The molecule has 98 valence electrons. The monoisotopic (exact) mass is 264 g/mol. The second-order valence-electron chi connectivity index (χ2n) is 4.37. The average molecular weight is 264 g/mol. The van der Waals surface area contributed by atoms with Gasteiger partial charge in [0.1, 0.15) is 11.3 Å². The number of hydrogen-bond acceptors (Lipinski definition) is 2. The molecule has 1 aromatic heterocycles. The summed E-state index contributed by atoms with van der Waals surface area (Å²) in [6.45, 7) is 0. The minimum Gasteiger partial charge on any atom is -0.478 e. The third-order valence-electron chi connectivity index (χ3n) is 2.99. The molecule has 0 aliphatic rings. The number of fused-ring (bicyclic) bond motifs is 1. The Balaban J connectivity index is 2.00. The first-order chi connectivity index (χ1) is 9.74. The molecule has 0 saturated carbocycles. The van der Waals surface area contributed by atoms with E-state index in [1.54, 1.807) is 12.1 Å². The third kappa shape index (κ3) is 2.31.